The lowest BCUT2D eigenvalue weighted by atomic mass is 10.1. The number of aryl methyl sites for hydroxylation is 1. The zero-order valence-corrected chi connectivity index (χ0v) is 12.3. The highest BCUT2D eigenvalue weighted by Gasteiger charge is 2.04. The van der Waals surface area contributed by atoms with E-state index in [0.29, 0.717) is 0 Å². The van der Waals surface area contributed by atoms with Crippen LogP contribution >= 0.6 is 0 Å². The highest BCUT2D eigenvalue weighted by atomic mass is 16.6. The first-order valence-corrected chi connectivity index (χ1v) is 6.85. The molecule has 0 unspecified atom stereocenters. The van der Waals surface area contributed by atoms with Crippen molar-refractivity contribution in [3.63, 3.8) is 0 Å². The molecule has 1 aromatic carbocycles. The summed E-state index contributed by atoms with van der Waals surface area (Å²) >= 11 is 0. The molecule has 0 N–H and O–H groups in total. The maximum Gasteiger partial charge on any atom is 0.107 e. The van der Waals surface area contributed by atoms with Crippen LogP contribution in [0, 0.1) is 6.92 Å². The second kappa shape index (κ2) is 6.89. The lowest BCUT2D eigenvalue weighted by Gasteiger charge is -2.04. The van der Waals surface area contributed by atoms with E-state index in [1.54, 1.807) is 13.3 Å². The van der Waals surface area contributed by atoms with Gasteiger partial charge in [-0.1, -0.05) is 28.9 Å². The number of para-hydroxylation sites is 2. The Balaban J connectivity index is 2.04. The van der Waals surface area contributed by atoms with E-state index in [4.69, 9.17) is 0 Å². The fourth-order valence-electron chi connectivity index (χ4n) is 2.20. The van der Waals surface area contributed by atoms with Gasteiger partial charge in [0.15, 0.2) is 0 Å². The van der Waals surface area contributed by atoms with Crippen molar-refractivity contribution in [1.29, 1.82) is 0 Å². The molecule has 0 atom stereocenters. The monoisotopic (exact) mass is 271 g/mol. The first-order valence-electron chi connectivity index (χ1n) is 6.85. The van der Waals surface area contributed by atoms with E-state index in [-0.39, 0.29) is 0 Å². The van der Waals surface area contributed by atoms with Gasteiger partial charge in [-0.15, -0.1) is 0 Å². The maximum absolute atomic E-state index is 4.64. The number of benzene rings is 1. The fourth-order valence-corrected chi connectivity index (χ4v) is 2.20. The van der Waals surface area contributed by atoms with E-state index in [0.717, 1.165) is 30.7 Å². The van der Waals surface area contributed by atoms with Gasteiger partial charge in [0.2, 0.25) is 0 Å². The van der Waals surface area contributed by atoms with Crippen molar-refractivity contribution in [1.82, 2.24) is 9.55 Å². The number of oxime groups is 1. The first-order chi connectivity index (χ1) is 9.72. The van der Waals surface area contributed by atoms with Gasteiger partial charge in [0, 0.05) is 12.8 Å². The smallest absolute Gasteiger partial charge is 0.107 e. The Kier molecular flexibility index (Phi) is 4.93. The fraction of sp³-hybridized carbons (Fsp3) is 0.375. The van der Waals surface area contributed by atoms with Gasteiger partial charge in [-0.25, -0.2) is 4.98 Å². The van der Waals surface area contributed by atoms with Crippen LogP contribution in [0.2, 0.25) is 0 Å². The van der Waals surface area contributed by atoms with Gasteiger partial charge in [-0.2, -0.15) is 0 Å². The average Bonchev–Trinajstić information content (AvgIpc) is 2.77. The molecule has 106 valence electrons. The average molecular weight is 271 g/mol. The van der Waals surface area contributed by atoms with E-state index in [1.807, 2.05) is 6.07 Å². The number of aromatic nitrogens is 2. The minimum absolute atomic E-state index is 0.861. The molecule has 1 heterocycles. The Bertz CT molecular complexity index is 626. The van der Waals surface area contributed by atoms with Crippen molar-refractivity contribution in [3.05, 3.63) is 41.7 Å². The molecule has 4 nitrogen and oxygen atoms in total. The lowest BCUT2D eigenvalue weighted by Crippen LogP contribution is -1.98. The molecule has 0 aliphatic carbocycles. The third kappa shape index (κ3) is 3.47. The van der Waals surface area contributed by atoms with Crippen LogP contribution in [-0.4, -0.2) is 22.9 Å². The van der Waals surface area contributed by atoms with Gasteiger partial charge in [-0.3, -0.25) is 0 Å². The molecule has 0 amide bonds. The Hall–Kier alpha value is -2.10. The molecule has 4 heteroatoms. The largest absolute Gasteiger partial charge is 0.399 e. The van der Waals surface area contributed by atoms with Crippen LogP contribution in [0.15, 0.2) is 41.1 Å². The van der Waals surface area contributed by atoms with E-state index in [1.165, 1.54) is 11.1 Å². The summed E-state index contributed by atoms with van der Waals surface area (Å²) in [6.07, 6.45) is 5.95. The molecule has 0 aliphatic heterocycles. The van der Waals surface area contributed by atoms with Crippen LogP contribution in [0.4, 0.5) is 0 Å². The second-order valence-corrected chi connectivity index (χ2v) is 4.82. The van der Waals surface area contributed by atoms with Gasteiger partial charge >= 0.3 is 0 Å². The van der Waals surface area contributed by atoms with Gasteiger partial charge in [0.1, 0.15) is 12.9 Å². The van der Waals surface area contributed by atoms with Gasteiger partial charge in [0.25, 0.3) is 0 Å². The maximum atomic E-state index is 4.64. The third-order valence-electron chi connectivity index (χ3n) is 3.32. The number of fused-ring (bicyclic) bond motifs is 1. The quantitative estimate of drug-likeness (QED) is 0.456. The van der Waals surface area contributed by atoms with Crippen LogP contribution < -0.4 is 0 Å². The first kappa shape index (κ1) is 14.3. The molecule has 0 radical (unpaired) electrons. The van der Waals surface area contributed by atoms with Crippen molar-refractivity contribution >= 4 is 17.2 Å². The number of rotatable bonds is 6. The summed E-state index contributed by atoms with van der Waals surface area (Å²) in [5.74, 6) is 1.05. The number of imidazole rings is 1. The standard InChI is InChI=1S/C16H21N3O/c1-13(7-6-11-17-20-3)10-12-19-14(2)18-15-8-4-5-9-16(15)19/h4-5,8-11H,6-7,12H2,1-3H3. The molecule has 0 aliphatic rings. The predicted octanol–water partition coefficient (Wildman–Crippen LogP) is 3.70. The summed E-state index contributed by atoms with van der Waals surface area (Å²) in [6, 6.07) is 8.24. The summed E-state index contributed by atoms with van der Waals surface area (Å²) in [5, 5.41) is 3.74. The van der Waals surface area contributed by atoms with Gasteiger partial charge in [0.05, 0.1) is 11.0 Å². The molecule has 0 spiro atoms. The van der Waals surface area contributed by atoms with E-state index in [9.17, 15) is 0 Å². The zero-order valence-electron chi connectivity index (χ0n) is 12.3. The Morgan fingerprint density at radius 3 is 3.00 bits per heavy atom. The molecule has 2 aromatic rings. The molecular formula is C16H21N3O. The van der Waals surface area contributed by atoms with Crippen molar-refractivity contribution in [2.24, 2.45) is 5.16 Å². The Morgan fingerprint density at radius 2 is 2.20 bits per heavy atom. The molecule has 0 saturated heterocycles. The van der Waals surface area contributed by atoms with Crippen molar-refractivity contribution < 1.29 is 4.84 Å². The van der Waals surface area contributed by atoms with Gasteiger partial charge < -0.3 is 9.40 Å². The normalized spacial score (nSPS) is 12.4. The molecule has 0 fully saturated rings. The summed E-state index contributed by atoms with van der Waals surface area (Å²) in [7, 11) is 1.56. The SMILES string of the molecule is CON=CCCC(C)=CCn1c(C)nc2ccccc21. The summed E-state index contributed by atoms with van der Waals surface area (Å²) < 4.78 is 2.24. The summed E-state index contributed by atoms with van der Waals surface area (Å²) in [6.45, 7) is 5.06. The highest BCUT2D eigenvalue weighted by molar-refractivity contribution is 5.75. The van der Waals surface area contributed by atoms with E-state index in [2.05, 4.69) is 57.7 Å². The lowest BCUT2D eigenvalue weighted by molar-refractivity contribution is 0.214. The van der Waals surface area contributed by atoms with E-state index >= 15 is 0 Å². The molecule has 0 bridgehead atoms. The minimum Gasteiger partial charge on any atom is -0.399 e. The molecular weight excluding hydrogens is 250 g/mol. The van der Waals surface area contributed by atoms with Crippen LogP contribution in [0.1, 0.15) is 25.6 Å². The van der Waals surface area contributed by atoms with Crippen LogP contribution in [0.3, 0.4) is 0 Å². The van der Waals surface area contributed by atoms with Crippen LogP contribution in [-0.2, 0) is 11.4 Å². The number of hydrogen-bond acceptors (Lipinski definition) is 3. The predicted molar refractivity (Wildman–Crippen MR) is 83.0 cm³/mol. The number of hydrogen-bond donors (Lipinski definition) is 0. The molecule has 1 aromatic heterocycles. The third-order valence-corrected chi connectivity index (χ3v) is 3.32. The number of allylic oxidation sites excluding steroid dienone is 2. The second-order valence-electron chi connectivity index (χ2n) is 4.82. The van der Waals surface area contributed by atoms with Crippen molar-refractivity contribution in [2.45, 2.75) is 33.2 Å². The summed E-state index contributed by atoms with van der Waals surface area (Å²) in [5.41, 5.74) is 3.60. The number of nitrogens with zero attached hydrogens (tertiary/aromatic N) is 3. The minimum atomic E-state index is 0.861. The van der Waals surface area contributed by atoms with Crippen molar-refractivity contribution in [2.75, 3.05) is 7.11 Å². The Morgan fingerprint density at radius 1 is 1.40 bits per heavy atom. The summed E-state index contributed by atoms with van der Waals surface area (Å²) in [4.78, 5) is 9.22. The topological polar surface area (TPSA) is 39.4 Å². The Labute approximate surface area is 119 Å². The van der Waals surface area contributed by atoms with Crippen LogP contribution in [0.5, 0.6) is 0 Å². The van der Waals surface area contributed by atoms with E-state index < -0.39 is 0 Å². The van der Waals surface area contributed by atoms with Crippen molar-refractivity contribution in [3.8, 4) is 0 Å². The molecule has 20 heavy (non-hydrogen) atoms. The zero-order chi connectivity index (χ0) is 14.4. The van der Waals surface area contributed by atoms with Gasteiger partial charge in [-0.05, 0) is 38.8 Å². The highest BCUT2D eigenvalue weighted by Crippen LogP contribution is 2.16. The molecule has 0 saturated carbocycles. The molecule has 2 rings (SSSR count). The van der Waals surface area contributed by atoms with Crippen LogP contribution in [0.25, 0.3) is 11.0 Å².